The van der Waals surface area contributed by atoms with Gasteiger partial charge in [-0.25, -0.2) is 9.59 Å². The summed E-state index contributed by atoms with van der Waals surface area (Å²) in [5, 5.41) is 8.50. The molecule has 2 heterocycles. The van der Waals surface area contributed by atoms with Gasteiger partial charge in [-0.1, -0.05) is 23.9 Å². The van der Waals surface area contributed by atoms with Crippen molar-refractivity contribution in [3.05, 3.63) is 12.2 Å². The number of carbonyl (C=O) groups is 2. The second-order valence-electron chi connectivity index (χ2n) is 3.91. The fourth-order valence-electron chi connectivity index (χ4n) is 1.94. The summed E-state index contributed by atoms with van der Waals surface area (Å²) in [5.74, 6) is -0.838. The molecule has 0 aromatic heterocycles. The van der Waals surface area contributed by atoms with Crippen molar-refractivity contribution < 1.29 is 19.3 Å². The zero-order valence-electron chi connectivity index (χ0n) is 8.79. The third kappa shape index (κ3) is 1.33. The van der Waals surface area contributed by atoms with Crippen LogP contribution in [0.25, 0.3) is 0 Å². The molecule has 3 N–H and O–H groups in total. The minimum Gasteiger partial charge on any atom is -0.479 e. The Labute approximate surface area is 97.0 Å². The number of hydrogen-bond donors (Lipinski definition) is 2. The molecule has 1 saturated heterocycles. The van der Waals surface area contributed by atoms with Crippen LogP contribution in [-0.2, 0) is 9.59 Å². The van der Waals surface area contributed by atoms with Gasteiger partial charge >= 0.3 is 17.4 Å². The molecule has 0 radical (unpaired) electrons. The van der Waals surface area contributed by atoms with Gasteiger partial charge in [-0.05, 0) is 6.92 Å². The average Bonchev–Trinajstić information content (AvgIpc) is 2.27. The number of carboxylic acid groups (broad SMARTS) is 1. The van der Waals surface area contributed by atoms with Gasteiger partial charge in [0.2, 0.25) is 0 Å². The van der Waals surface area contributed by atoms with E-state index in [1.165, 1.54) is 16.3 Å². The Morgan fingerprint density at radius 2 is 2.50 bits per heavy atom. The van der Waals surface area contributed by atoms with Crippen molar-refractivity contribution in [2.24, 2.45) is 11.7 Å². The Hall–Kier alpha value is -1.14. The second kappa shape index (κ2) is 3.71. The van der Waals surface area contributed by atoms with Crippen molar-refractivity contribution in [1.29, 1.82) is 0 Å². The minimum absolute atomic E-state index is 0.175. The van der Waals surface area contributed by atoms with E-state index in [1.807, 2.05) is 19.1 Å². The number of hydrogen-bond acceptors (Lipinski definition) is 4. The summed E-state index contributed by atoms with van der Waals surface area (Å²) < 4.78 is 1.44. The molecule has 0 bridgehead atoms. The van der Waals surface area contributed by atoms with E-state index < -0.39 is 22.8 Å². The first-order valence-corrected chi connectivity index (χ1v) is 6.01. The third-order valence-electron chi connectivity index (χ3n) is 2.82. The first kappa shape index (κ1) is 11.3. The van der Waals surface area contributed by atoms with Gasteiger partial charge in [0.1, 0.15) is 0 Å². The lowest BCUT2D eigenvalue weighted by atomic mass is 9.90. The number of fused-ring (bicyclic) bond motifs is 1. The summed E-state index contributed by atoms with van der Waals surface area (Å²) in [6.45, 7) is 1.91. The quantitative estimate of drug-likeness (QED) is 0.299. The van der Waals surface area contributed by atoms with Gasteiger partial charge < -0.3 is 5.11 Å². The van der Waals surface area contributed by atoms with Crippen molar-refractivity contribution >= 4 is 29.9 Å². The van der Waals surface area contributed by atoms with E-state index in [1.54, 1.807) is 6.21 Å². The van der Waals surface area contributed by atoms with E-state index in [-0.39, 0.29) is 5.92 Å². The normalized spacial score (nSPS) is 37.9. The average molecular weight is 241 g/mol. The van der Waals surface area contributed by atoms with Crippen LogP contribution < -0.4 is 5.73 Å². The van der Waals surface area contributed by atoms with Gasteiger partial charge in [-0.3, -0.25) is 5.73 Å². The highest BCUT2D eigenvalue weighted by Crippen LogP contribution is 2.37. The summed E-state index contributed by atoms with van der Waals surface area (Å²) in [4.78, 5) is 22.6. The number of nitrogens with two attached hydrogens (primary N) is 1. The lowest BCUT2D eigenvalue weighted by Crippen LogP contribution is -2.78. The van der Waals surface area contributed by atoms with Crippen molar-refractivity contribution in [3.8, 4) is 0 Å². The topological polar surface area (TPSA) is 83.4 Å². The van der Waals surface area contributed by atoms with Gasteiger partial charge in [-0.2, -0.15) is 4.58 Å². The van der Waals surface area contributed by atoms with E-state index in [0.29, 0.717) is 0 Å². The van der Waals surface area contributed by atoms with Gasteiger partial charge in [-0.15, -0.1) is 0 Å². The molecule has 86 valence electrons. The monoisotopic (exact) mass is 241 g/mol. The predicted octanol–water partition coefficient (Wildman–Crippen LogP) is -0.343. The van der Waals surface area contributed by atoms with Crippen molar-refractivity contribution in [3.63, 3.8) is 0 Å². The molecule has 0 aromatic carbocycles. The fourth-order valence-corrected chi connectivity index (χ4v) is 3.33. The number of aliphatic carboxylic acids is 1. The Bertz CT molecular complexity index is 418. The summed E-state index contributed by atoms with van der Waals surface area (Å²) in [7, 11) is 0. The predicted molar refractivity (Wildman–Crippen MR) is 60.4 cm³/mol. The van der Waals surface area contributed by atoms with Crippen LogP contribution in [0.4, 0.5) is 0 Å². The van der Waals surface area contributed by atoms with Gasteiger partial charge in [0.15, 0.2) is 6.21 Å². The van der Waals surface area contributed by atoms with Crippen LogP contribution in [0.3, 0.4) is 0 Å². The Morgan fingerprint density at radius 1 is 1.81 bits per heavy atom. The molecule has 2 aliphatic rings. The van der Waals surface area contributed by atoms with E-state index in [2.05, 4.69) is 0 Å². The number of allylic oxidation sites excluding steroid dienone is 2. The maximum Gasteiger partial charge on any atom is 0.427 e. The number of nitrogens with zero attached hydrogens (tertiary/aromatic N) is 1. The molecule has 2 rings (SSSR count). The lowest BCUT2D eigenvalue weighted by Gasteiger charge is -2.37. The smallest absolute Gasteiger partial charge is 0.427 e. The first-order chi connectivity index (χ1) is 7.51. The van der Waals surface area contributed by atoms with Gasteiger partial charge in [0.25, 0.3) is 5.37 Å². The number of β-lactam (4-membered cyclic amide) rings is 1. The number of carboxylic acids is 1. The molecule has 1 amide bonds. The van der Waals surface area contributed by atoms with Crippen molar-refractivity contribution in [1.82, 2.24) is 0 Å². The number of amides is 1. The van der Waals surface area contributed by atoms with Gasteiger partial charge in [0.05, 0.1) is 5.92 Å². The molecule has 16 heavy (non-hydrogen) atoms. The van der Waals surface area contributed by atoms with E-state index >= 15 is 0 Å². The second-order valence-corrected chi connectivity index (χ2v) is 5.02. The molecule has 0 aromatic rings. The number of rotatable bonds is 2. The standard InChI is InChI=1S/C10H12N2O3S/c1-2-3-6-4-12-7(13)10(11,9(14)15)8(12)16-5-6/h2-4,6,8H,5,11H2,1H3/p+1/t6?,8-,10?/m0/s1. The molecular weight excluding hydrogens is 228 g/mol. The lowest BCUT2D eigenvalue weighted by molar-refractivity contribution is -0.517. The SMILES string of the molecule is CC=CC1C=[N+]2C(=O)C(N)(C(=O)O)[C@@H]2SC1. The van der Waals surface area contributed by atoms with Gasteiger partial charge in [0, 0.05) is 5.75 Å². The maximum atomic E-state index is 11.7. The molecule has 5 nitrogen and oxygen atoms in total. The van der Waals surface area contributed by atoms with Crippen LogP contribution in [0.2, 0.25) is 0 Å². The van der Waals surface area contributed by atoms with Crippen molar-refractivity contribution in [2.75, 3.05) is 5.75 Å². The molecule has 2 aliphatic heterocycles. The third-order valence-corrected chi connectivity index (χ3v) is 4.31. The van der Waals surface area contributed by atoms with E-state index in [0.717, 1.165) is 5.75 Å². The van der Waals surface area contributed by atoms with E-state index in [9.17, 15) is 9.59 Å². The highest BCUT2D eigenvalue weighted by atomic mass is 32.2. The number of carbonyl (C=O) groups excluding carboxylic acids is 1. The van der Waals surface area contributed by atoms with Crippen LogP contribution >= 0.6 is 11.8 Å². The minimum atomic E-state index is -1.73. The molecular formula is C10H13N2O3S+. The fraction of sp³-hybridized carbons (Fsp3) is 0.500. The Balaban J connectivity index is 2.27. The molecule has 0 aliphatic carbocycles. The first-order valence-electron chi connectivity index (χ1n) is 4.96. The molecule has 2 unspecified atom stereocenters. The summed E-state index contributed by atoms with van der Waals surface area (Å²) >= 11 is 1.42. The zero-order chi connectivity index (χ0) is 11.9. The largest absolute Gasteiger partial charge is 0.479 e. The summed E-state index contributed by atoms with van der Waals surface area (Å²) in [6, 6.07) is 0. The zero-order valence-corrected chi connectivity index (χ0v) is 9.61. The molecule has 0 saturated carbocycles. The van der Waals surface area contributed by atoms with Crippen LogP contribution in [0.1, 0.15) is 6.92 Å². The highest BCUT2D eigenvalue weighted by Gasteiger charge is 2.72. The van der Waals surface area contributed by atoms with Crippen molar-refractivity contribution in [2.45, 2.75) is 17.8 Å². The van der Waals surface area contributed by atoms with Crippen LogP contribution in [-0.4, -0.2) is 44.4 Å². The van der Waals surface area contributed by atoms with E-state index in [4.69, 9.17) is 10.8 Å². The molecule has 0 spiro atoms. The summed E-state index contributed by atoms with van der Waals surface area (Å²) in [5.41, 5.74) is 3.88. The highest BCUT2D eigenvalue weighted by molar-refractivity contribution is 8.00. The number of thioether (sulfide) groups is 1. The molecule has 1 fully saturated rings. The Kier molecular flexibility index (Phi) is 2.63. The summed E-state index contributed by atoms with van der Waals surface area (Å²) in [6.07, 6.45) is 5.66. The van der Waals surface area contributed by atoms with Crippen LogP contribution in [0.5, 0.6) is 0 Å². The molecule has 3 atom stereocenters. The van der Waals surface area contributed by atoms with Crippen LogP contribution in [0, 0.1) is 5.92 Å². The Morgan fingerprint density at radius 3 is 3.06 bits per heavy atom. The van der Waals surface area contributed by atoms with Crippen LogP contribution in [0.15, 0.2) is 12.2 Å². The maximum absolute atomic E-state index is 11.7. The molecule has 6 heteroatoms.